The third kappa shape index (κ3) is 2.77. The van der Waals surface area contributed by atoms with Crippen molar-refractivity contribution in [3.8, 4) is 5.75 Å². The highest BCUT2D eigenvalue weighted by Crippen LogP contribution is 2.49. The molecule has 2 aromatic carbocycles. The summed E-state index contributed by atoms with van der Waals surface area (Å²) in [6.45, 7) is 5.83. The third-order valence-corrected chi connectivity index (χ3v) is 5.76. The molecule has 0 bridgehead atoms. The van der Waals surface area contributed by atoms with E-state index in [1.54, 1.807) is 0 Å². The molecule has 144 valence electrons. The largest absolute Gasteiger partial charge is 0.475 e. The summed E-state index contributed by atoms with van der Waals surface area (Å²) in [6.07, 6.45) is 2.66. The molecule has 0 unspecified atom stereocenters. The Balaban J connectivity index is 1.56. The molecule has 1 aromatic heterocycles. The fraction of sp³-hybridized carbons (Fsp3) is 0.391. The van der Waals surface area contributed by atoms with E-state index >= 15 is 0 Å². The second kappa shape index (κ2) is 6.36. The van der Waals surface area contributed by atoms with E-state index < -0.39 is 5.60 Å². The molecule has 1 amide bonds. The minimum Gasteiger partial charge on any atom is -0.475 e. The molecule has 1 spiro atoms. The molecule has 5 heteroatoms. The first-order valence-electron chi connectivity index (χ1n) is 10.1. The maximum absolute atomic E-state index is 13.2. The Morgan fingerprint density at radius 1 is 1.11 bits per heavy atom. The van der Waals surface area contributed by atoms with Gasteiger partial charge in [0, 0.05) is 19.4 Å². The molecule has 2 aliphatic rings. The number of para-hydroxylation sites is 4. The number of benzene rings is 2. The van der Waals surface area contributed by atoms with Gasteiger partial charge in [0.25, 0.3) is 5.91 Å². The zero-order valence-corrected chi connectivity index (χ0v) is 16.4. The summed E-state index contributed by atoms with van der Waals surface area (Å²) in [5.74, 6) is 2.40. The van der Waals surface area contributed by atoms with E-state index in [0.29, 0.717) is 12.5 Å². The molecular weight excluding hydrogens is 350 g/mol. The quantitative estimate of drug-likeness (QED) is 0.658. The van der Waals surface area contributed by atoms with Crippen molar-refractivity contribution in [2.75, 3.05) is 4.90 Å². The Morgan fingerprint density at radius 2 is 1.86 bits per heavy atom. The lowest BCUT2D eigenvalue weighted by Crippen LogP contribution is -2.47. The second-order valence-corrected chi connectivity index (χ2v) is 8.31. The van der Waals surface area contributed by atoms with Gasteiger partial charge >= 0.3 is 0 Å². The van der Waals surface area contributed by atoms with Crippen LogP contribution in [0.2, 0.25) is 0 Å². The van der Waals surface area contributed by atoms with E-state index in [1.165, 1.54) is 0 Å². The van der Waals surface area contributed by atoms with Crippen LogP contribution in [0.5, 0.6) is 5.75 Å². The first-order valence-corrected chi connectivity index (χ1v) is 10.1. The molecule has 1 aliphatic carbocycles. The van der Waals surface area contributed by atoms with Gasteiger partial charge in [0.2, 0.25) is 0 Å². The topological polar surface area (TPSA) is 47.4 Å². The zero-order chi connectivity index (χ0) is 19.3. The first-order chi connectivity index (χ1) is 13.6. The van der Waals surface area contributed by atoms with Crippen molar-refractivity contribution in [2.45, 2.75) is 51.8 Å². The van der Waals surface area contributed by atoms with Gasteiger partial charge in [-0.2, -0.15) is 0 Å². The Kier molecular flexibility index (Phi) is 3.93. The average molecular weight is 375 g/mol. The molecule has 0 atom stereocenters. The van der Waals surface area contributed by atoms with Crippen LogP contribution in [-0.2, 0) is 17.9 Å². The van der Waals surface area contributed by atoms with Crippen LogP contribution < -0.4 is 9.64 Å². The van der Waals surface area contributed by atoms with E-state index in [-0.39, 0.29) is 5.91 Å². The lowest BCUT2D eigenvalue weighted by Gasteiger charge is -2.34. The normalized spacial score (nSPS) is 17.2. The summed E-state index contributed by atoms with van der Waals surface area (Å²) in [4.78, 5) is 20.0. The maximum atomic E-state index is 13.2. The number of aromatic nitrogens is 2. The first kappa shape index (κ1) is 17.3. The number of fused-ring (bicyclic) bond motifs is 2. The highest BCUT2D eigenvalue weighted by atomic mass is 16.5. The number of ether oxygens (including phenoxy) is 1. The molecule has 1 saturated carbocycles. The highest BCUT2D eigenvalue weighted by Gasteiger charge is 2.58. The number of carbonyl (C=O) groups excluding carboxylic acids is 1. The van der Waals surface area contributed by atoms with Gasteiger partial charge in [-0.25, -0.2) is 4.98 Å². The molecule has 0 radical (unpaired) electrons. The summed E-state index contributed by atoms with van der Waals surface area (Å²) in [7, 11) is 0. The number of hydrogen-bond acceptors (Lipinski definition) is 3. The SMILES string of the molecule is CC(C)CCn1c(CN2C(=O)C3(CC3)Oc3ccccc32)nc2ccccc21. The van der Waals surface area contributed by atoms with Crippen LogP contribution in [0.1, 0.15) is 38.9 Å². The summed E-state index contributed by atoms with van der Waals surface area (Å²) in [6, 6.07) is 16.1. The van der Waals surface area contributed by atoms with Crippen LogP contribution in [0, 0.1) is 5.92 Å². The zero-order valence-electron chi connectivity index (χ0n) is 16.4. The van der Waals surface area contributed by atoms with Gasteiger partial charge in [0.1, 0.15) is 11.6 Å². The summed E-state index contributed by atoms with van der Waals surface area (Å²) in [5.41, 5.74) is 2.31. The van der Waals surface area contributed by atoms with Crippen molar-refractivity contribution in [3.63, 3.8) is 0 Å². The van der Waals surface area contributed by atoms with Crippen LogP contribution in [0.3, 0.4) is 0 Å². The van der Waals surface area contributed by atoms with E-state index in [0.717, 1.165) is 54.1 Å². The van der Waals surface area contributed by atoms with Crippen molar-refractivity contribution < 1.29 is 9.53 Å². The summed E-state index contributed by atoms with van der Waals surface area (Å²) in [5, 5.41) is 0. The number of anilines is 1. The number of amides is 1. The van der Waals surface area contributed by atoms with Crippen molar-refractivity contribution in [2.24, 2.45) is 5.92 Å². The van der Waals surface area contributed by atoms with Crippen LogP contribution in [0.15, 0.2) is 48.5 Å². The molecule has 0 N–H and O–H groups in total. The number of imidazole rings is 1. The number of carbonyl (C=O) groups is 1. The van der Waals surface area contributed by atoms with Crippen LogP contribution >= 0.6 is 0 Å². The smallest absolute Gasteiger partial charge is 0.271 e. The van der Waals surface area contributed by atoms with Gasteiger partial charge in [-0.1, -0.05) is 38.1 Å². The van der Waals surface area contributed by atoms with Gasteiger partial charge in [0.05, 0.1) is 23.3 Å². The van der Waals surface area contributed by atoms with Gasteiger partial charge in [0.15, 0.2) is 5.60 Å². The van der Waals surface area contributed by atoms with Crippen molar-refractivity contribution in [1.29, 1.82) is 0 Å². The molecule has 3 aromatic rings. The Bertz CT molecular complexity index is 1050. The van der Waals surface area contributed by atoms with Crippen LogP contribution in [0.4, 0.5) is 5.69 Å². The minimum atomic E-state index is -0.650. The molecule has 5 rings (SSSR count). The molecule has 5 nitrogen and oxygen atoms in total. The Labute approximate surface area is 164 Å². The summed E-state index contributed by atoms with van der Waals surface area (Å²) >= 11 is 0. The highest BCUT2D eigenvalue weighted by molar-refractivity contribution is 6.04. The molecule has 28 heavy (non-hydrogen) atoms. The minimum absolute atomic E-state index is 0.0636. The summed E-state index contributed by atoms with van der Waals surface area (Å²) < 4.78 is 8.34. The molecule has 0 saturated heterocycles. The monoisotopic (exact) mass is 375 g/mol. The second-order valence-electron chi connectivity index (χ2n) is 8.31. The van der Waals surface area contributed by atoms with Gasteiger partial charge in [-0.15, -0.1) is 0 Å². The van der Waals surface area contributed by atoms with E-state index in [1.807, 2.05) is 47.4 Å². The van der Waals surface area contributed by atoms with Crippen molar-refractivity contribution in [3.05, 3.63) is 54.4 Å². The van der Waals surface area contributed by atoms with E-state index in [4.69, 9.17) is 9.72 Å². The van der Waals surface area contributed by atoms with Crippen molar-refractivity contribution >= 4 is 22.6 Å². The number of rotatable bonds is 5. The Morgan fingerprint density at radius 3 is 2.64 bits per heavy atom. The lowest BCUT2D eigenvalue weighted by molar-refractivity contribution is -0.128. The third-order valence-electron chi connectivity index (χ3n) is 5.76. The van der Waals surface area contributed by atoms with Crippen LogP contribution in [-0.4, -0.2) is 21.1 Å². The molecule has 1 fully saturated rings. The fourth-order valence-corrected chi connectivity index (χ4v) is 3.99. The van der Waals surface area contributed by atoms with Crippen molar-refractivity contribution in [1.82, 2.24) is 9.55 Å². The fourth-order valence-electron chi connectivity index (χ4n) is 3.99. The number of aryl methyl sites for hydroxylation is 1. The molecule has 1 aliphatic heterocycles. The number of hydrogen-bond donors (Lipinski definition) is 0. The standard InChI is InChI=1S/C23H25N3O2/c1-16(2)11-14-25-18-8-4-3-7-17(18)24-21(25)15-26-19-9-5-6-10-20(19)28-23(12-13-23)22(26)27/h3-10,16H,11-15H2,1-2H3. The predicted octanol–water partition coefficient (Wildman–Crippen LogP) is 4.54. The molecular formula is C23H25N3O2. The maximum Gasteiger partial charge on any atom is 0.271 e. The Hall–Kier alpha value is -2.82. The van der Waals surface area contributed by atoms with E-state index in [9.17, 15) is 4.79 Å². The van der Waals surface area contributed by atoms with Gasteiger partial charge < -0.3 is 9.30 Å². The predicted molar refractivity (Wildman–Crippen MR) is 109 cm³/mol. The number of nitrogens with zero attached hydrogens (tertiary/aromatic N) is 3. The van der Waals surface area contributed by atoms with Crippen LogP contribution in [0.25, 0.3) is 11.0 Å². The lowest BCUT2D eigenvalue weighted by atomic mass is 10.1. The average Bonchev–Trinajstić information content (AvgIpc) is 3.37. The van der Waals surface area contributed by atoms with E-state index in [2.05, 4.69) is 24.5 Å². The van der Waals surface area contributed by atoms with Gasteiger partial charge in [-0.3, -0.25) is 9.69 Å². The van der Waals surface area contributed by atoms with Gasteiger partial charge in [-0.05, 0) is 36.6 Å². The molecule has 2 heterocycles.